The van der Waals surface area contributed by atoms with Crippen molar-refractivity contribution in [1.82, 2.24) is 4.90 Å². The quantitative estimate of drug-likeness (QED) is 0.711. The summed E-state index contributed by atoms with van der Waals surface area (Å²) in [6, 6.07) is 9.47. The summed E-state index contributed by atoms with van der Waals surface area (Å²) in [4.78, 5) is 14.1. The Bertz CT molecular complexity index is 410. The van der Waals surface area contributed by atoms with Crippen molar-refractivity contribution in [3.63, 3.8) is 0 Å². The van der Waals surface area contributed by atoms with Crippen LogP contribution in [0.25, 0.3) is 0 Å². The number of benzene rings is 1. The van der Waals surface area contributed by atoms with Gasteiger partial charge in [0.2, 0.25) is 0 Å². The third-order valence-electron chi connectivity index (χ3n) is 3.33. The van der Waals surface area contributed by atoms with Gasteiger partial charge in [-0.1, -0.05) is 18.2 Å². The molecule has 0 unspecified atom stereocenters. The van der Waals surface area contributed by atoms with Gasteiger partial charge in [0.05, 0.1) is 0 Å². The number of likely N-dealkylation sites (tertiary alicyclic amines) is 1. The molecule has 0 aliphatic carbocycles. The van der Waals surface area contributed by atoms with E-state index in [1.54, 1.807) is 0 Å². The summed E-state index contributed by atoms with van der Waals surface area (Å²) in [5.74, 6) is 3.45. The number of rotatable bonds is 2. The van der Waals surface area contributed by atoms with Gasteiger partial charge in [-0.15, -0.1) is 12.3 Å². The topological polar surface area (TPSA) is 20.3 Å². The van der Waals surface area contributed by atoms with Crippen molar-refractivity contribution in [3.05, 3.63) is 35.9 Å². The van der Waals surface area contributed by atoms with Crippen LogP contribution in [0.3, 0.4) is 0 Å². The summed E-state index contributed by atoms with van der Waals surface area (Å²) < 4.78 is 0. The largest absolute Gasteiger partial charge is 0.339 e. The fraction of sp³-hybridized carbons (Fsp3) is 0.400. The van der Waals surface area contributed by atoms with Crippen LogP contribution in [0.1, 0.15) is 29.6 Å². The Morgan fingerprint density at radius 3 is 2.53 bits per heavy atom. The molecule has 1 aromatic carbocycles. The highest BCUT2D eigenvalue weighted by Gasteiger charge is 2.22. The highest BCUT2D eigenvalue weighted by atomic mass is 16.2. The SMILES string of the molecule is C#CCC1CCN(C(=O)c2ccccc2)CC1. The average Bonchev–Trinajstić information content (AvgIpc) is 2.40. The van der Waals surface area contributed by atoms with Crippen molar-refractivity contribution in [2.45, 2.75) is 19.3 Å². The van der Waals surface area contributed by atoms with Crippen LogP contribution in [-0.4, -0.2) is 23.9 Å². The molecule has 1 amide bonds. The number of hydrogen-bond acceptors (Lipinski definition) is 1. The van der Waals surface area contributed by atoms with E-state index in [-0.39, 0.29) is 5.91 Å². The van der Waals surface area contributed by atoms with Crippen molar-refractivity contribution < 1.29 is 4.79 Å². The number of amides is 1. The Balaban J connectivity index is 1.93. The molecule has 0 saturated carbocycles. The molecular weight excluding hydrogens is 210 g/mol. The monoisotopic (exact) mass is 227 g/mol. The lowest BCUT2D eigenvalue weighted by molar-refractivity contribution is 0.0692. The Hall–Kier alpha value is -1.75. The maximum absolute atomic E-state index is 12.1. The van der Waals surface area contributed by atoms with Crippen LogP contribution in [0.2, 0.25) is 0 Å². The molecule has 1 aliphatic rings. The number of hydrogen-bond donors (Lipinski definition) is 0. The molecule has 1 saturated heterocycles. The van der Waals surface area contributed by atoms with Gasteiger partial charge in [-0.05, 0) is 30.9 Å². The van der Waals surface area contributed by atoms with Gasteiger partial charge in [0.15, 0.2) is 0 Å². The molecule has 0 atom stereocenters. The lowest BCUT2D eigenvalue weighted by Gasteiger charge is -2.31. The highest BCUT2D eigenvalue weighted by molar-refractivity contribution is 5.94. The molecule has 1 aliphatic heterocycles. The lowest BCUT2D eigenvalue weighted by Crippen LogP contribution is -2.38. The van der Waals surface area contributed by atoms with Crippen molar-refractivity contribution in [1.29, 1.82) is 0 Å². The van der Waals surface area contributed by atoms with E-state index in [1.165, 1.54) is 0 Å². The molecule has 2 nitrogen and oxygen atoms in total. The van der Waals surface area contributed by atoms with Gasteiger partial charge in [0.1, 0.15) is 0 Å². The Morgan fingerprint density at radius 1 is 1.29 bits per heavy atom. The minimum absolute atomic E-state index is 0.143. The predicted octanol–water partition coefficient (Wildman–Crippen LogP) is 2.56. The van der Waals surface area contributed by atoms with Crippen molar-refractivity contribution in [3.8, 4) is 12.3 Å². The summed E-state index contributed by atoms with van der Waals surface area (Å²) in [7, 11) is 0. The summed E-state index contributed by atoms with van der Waals surface area (Å²) in [6.07, 6.45) is 8.22. The zero-order valence-electron chi connectivity index (χ0n) is 9.93. The molecule has 0 spiro atoms. The fourth-order valence-electron chi connectivity index (χ4n) is 2.27. The van der Waals surface area contributed by atoms with Gasteiger partial charge in [-0.2, -0.15) is 0 Å². The smallest absolute Gasteiger partial charge is 0.253 e. The third kappa shape index (κ3) is 2.88. The molecular formula is C15H17NO. The minimum Gasteiger partial charge on any atom is -0.339 e. The second-order valence-corrected chi connectivity index (χ2v) is 4.51. The first-order valence-electron chi connectivity index (χ1n) is 6.09. The van der Waals surface area contributed by atoms with Crippen LogP contribution in [0, 0.1) is 18.3 Å². The van der Waals surface area contributed by atoms with Gasteiger partial charge >= 0.3 is 0 Å². The standard InChI is InChI=1S/C15H17NO/c1-2-6-13-9-11-16(12-10-13)15(17)14-7-4-3-5-8-14/h1,3-5,7-8,13H,6,9-12H2. The molecule has 17 heavy (non-hydrogen) atoms. The molecule has 0 bridgehead atoms. The number of nitrogens with zero attached hydrogens (tertiary/aromatic N) is 1. The molecule has 1 heterocycles. The van der Waals surface area contributed by atoms with Crippen molar-refractivity contribution >= 4 is 5.91 Å². The highest BCUT2D eigenvalue weighted by Crippen LogP contribution is 2.21. The molecule has 0 N–H and O–H groups in total. The number of terminal acetylenes is 1. The van der Waals surface area contributed by atoms with E-state index < -0.39 is 0 Å². The molecule has 2 heteroatoms. The van der Waals surface area contributed by atoms with Gasteiger partial charge in [0.25, 0.3) is 5.91 Å². The Labute approximate surface area is 103 Å². The first-order valence-corrected chi connectivity index (χ1v) is 6.09. The van der Waals surface area contributed by atoms with Gasteiger partial charge < -0.3 is 4.90 Å². The number of carbonyl (C=O) groups excluding carboxylic acids is 1. The maximum atomic E-state index is 12.1. The van der Waals surface area contributed by atoms with E-state index in [0.717, 1.165) is 37.9 Å². The first-order chi connectivity index (χ1) is 8.31. The van der Waals surface area contributed by atoms with E-state index in [0.29, 0.717) is 5.92 Å². The van der Waals surface area contributed by atoms with Crippen LogP contribution in [-0.2, 0) is 0 Å². The van der Waals surface area contributed by atoms with Crippen LogP contribution in [0.4, 0.5) is 0 Å². The van der Waals surface area contributed by atoms with Crippen LogP contribution < -0.4 is 0 Å². The average molecular weight is 227 g/mol. The molecule has 88 valence electrons. The van der Waals surface area contributed by atoms with Crippen LogP contribution in [0.5, 0.6) is 0 Å². The predicted molar refractivity (Wildman–Crippen MR) is 68.5 cm³/mol. The third-order valence-corrected chi connectivity index (χ3v) is 3.33. The van der Waals surface area contributed by atoms with Gasteiger partial charge in [-0.25, -0.2) is 0 Å². The maximum Gasteiger partial charge on any atom is 0.253 e. The molecule has 0 radical (unpaired) electrons. The van der Waals surface area contributed by atoms with Gasteiger partial charge in [-0.3, -0.25) is 4.79 Å². The zero-order chi connectivity index (χ0) is 12.1. The normalized spacial score (nSPS) is 16.5. The first kappa shape index (κ1) is 11.7. The summed E-state index contributed by atoms with van der Waals surface area (Å²) in [5, 5.41) is 0. The molecule has 1 fully saturated rings. The summed E-state index contributed by atoms with van der Waals surface area (Å²) in [5.41, 5.74) is 0.780. The van der Waals surface area contributed by atoms with Crippen molar-refractivity contribution in [2.24, 2.45) is 5.92 Å². The van der Waals surface area contributed by atoms with Gasteiger partial charge in [0, 0.05) is 25.1 Å². The summed E-state index contributed by atoms with van der Waals surface area (Å²) >= 11 is 0. The van der Waals surface area contributed by atoms with Crippen molar-refractivity contribution in [2.75, 3.05) is 13.1 Å². The van der Waals surface area contributed by atoms with E-state index in [2.05, 4.69) is 5.92 Å². The Morgan fingerprint density at radius 2 is 1.94 bits per heavy atom. The second-order valence-electron chi connectivity index (χ2n) is 4.51. The van der Waals surface area contributed by atoms with E-state index in [1.807, 2.05) is 35.2 Å². The fourth-order valence-corrected chi connectivity index (χ4v) is 2.27. The minimum atomic E-state index is 0.143. The zero-order valence-corrected chi connectivity index (χ0v) is 9.93. The number of carbonyl (C=O) groups is 1. The summed E-state index contributed by atoms with van der Waals surface area (Å²) in [6.45, 7) is 1.67. The second kappa shape index (κ2) is 5.54. The van der Waals surface area contributed by atoms with Crippen LogP contribution >= 0.6 is 0 Å². The van der Waals surface area contributed by atoms with E-state index in [9.17, 15) is 4.79 Å². The van der Waals surface area contributed by atoms with Crippen LogP contribution in [0.15, 0.2) is 30.3 Å². The van der Waals surface area contributed by atoms with E-state index >= 15 is 0 Å². The lowest BCUT2D eigenvalue weighted by atomic mass is 9.93. The van der Waals surface area contributed by atoms with E-state index in [4.69, 9.17) is 6.42 Å². The Kier molecular flexibility index (Phi) is 3.82. The number of piperidine rings is 1. The molecule has 2 rings (SSSR count). The molecule has 1 aromatic rings. The molecule has 0 aromatic heterocycles.